The maximum absolute atomic E-state index is 12.5. The average Bonchev–Trinajstić information content (AvgIpc) is 2.45. The summed E-state index contributed by atoms with van der Waals surface area (Å²) < 4.78 is 37.5. The first-order valence-electron chi connectivity index (χ1n) is 6.35. The van der Waals surface area contributed by atoms with Crippen molar-refractivity contribution >= 4 is 17.7 Å². The lowest BCUT2D eigenvalue weighted by atomic mass is 10.3. The van der Waals surface area contributed by atoms with Crippen LogP contribution >= 0.6 is 11.8 Å². The van der Waals surface area contributed by atoms with Gasteiger partial charge in [-0.1, -0.05) is 11.8 Å². The highest BCUT2D eigenvalue weighted by Gasteiger charge is 2.32. The average molecular weight is 320 g/mol. The molecule has 0 radical (unpaired) electrons. The van der Waals surface area contributed by atoms with Crippen LogP contribution in [0, 0.1) is 0 Å². The quantitative estimate of drug-likeness (QED) is 0.622. The van der Waals surface area contributed by atoms with Crippen LogP contribution < -0.4 is 0 Å². The first-order valence-corrected chi connectivity index (χ1v) is 7.34. The van der Waals surface area contributed by atoms with E-state index in [4.69, 9.17) is 0 Å². The van der Waals surface area contributed by atoms with Crippen LogP contribution in [0.3, 0.4) is 0 Å². The van der Waals surface area contributed by atoms with E-state index in [0.29, 0.717) is 13.1 Å². The van der Waals surface area contributed by atoms with Crippen LogP contribution in [0.15, 0.2) is 17.4 Å². The first kappa shape index (κ1) is 16.0. The van der Waals surface area contributed by atoms with Gasteiger partial charge < -0.3 is 9.80 Å². The summed E-state index contributed by atoms with van der Waals surface area (Å²) in [4.78, 5) is 23.0. The van der Waals surface area contributed by atoms with Gasteiger partial charge in [0.15, 0.2) is 5.16 Å². The van der Waals surface area contributed by atoms with Crippen LogP contribution in [-0.4, -0.2) is 64.7 Å². The first-order chi connectivity index (χ1) is 9.86. The zero-order valence-corrected chi connectivity index (χ0v) is 12.2. The SMILES string of the molecule is CN1CCN(C(=O)CSc2nccc(C(F)(F)F)n2)CC1. The van der Waals surface area contributed by atoms with E-state index < -0.39 is 11.9 Å². The second-order valence-electron chi connectivity index (χ2n) is 4.69. The number of amides is 1. The van der Waals surface area contributed by atoms with Gasteiger partial charge in [-0.05, 0) is 13.1 Å². The maximum atomic E-state index is 12.5. The number of alkyl halides is 3. The van der Waals surface area contributed by atoms with Crippen molar-refractivity contribution in [1.82, 2.24) is 19.8 Å². The standard InChI is InChI=1S/C12H15F3N4OS/c1-18-4-6-19(7-5-18)10(20)8-21-11-16-3-2-9(17-11)12(13,14)15/h2-3H,4-8H2,1H3. The third-order valence-electron chi connectivity index (χ3n) is 3.10. The molecule has 9 heteroatoms. The van der Waals surface area contributed by atoms with Crippen molar-refractivity contribution in [3.8, 4) is 0 Å². The van der Waals surface area contributed by atoms with Crippen molar-refractivity contribution in [3.05, 3.63) is 18.0 Å². The van der Waals surface area contributed by atoms with Gasteiger partial charge >= 0.3 is 6.18 Å². The Morgan fingerprint density at radius 1 is 1.33 bits per heavy atom. The fraction of sp³-hybridized carbons (Fsp3) is 0.583. The van der Waals surface area contributed by atoms with Crippen molar-refractivity contribution in [3.63, 3.8) is 0 Å². The summed E-state index contributed by atoms with van der Waals surface area (Å²) in [6.45, 7) is 2.88. The number of hydrogen-bond acceptors (Lipinski definition) is 5. The Morgan fingerprint density at radius 3 is 2.62 bits per heavy atom. The molecule has 0 unspecified atom stereocenters. The van der Waals surface area contributed by atoms with Crippen LogP contribution in [0.1, 0.15) is 5.69 Å². The number of likely N-dealkylation sites (N-methyl/N-ethyl adjacent to an activating group) is 1. The lowest BCUT2D eigenvalue weighted by Gasteiger charge is -2.32. The van der Waals surface area contributed by atoms with Crippen LogP contribution in [0.5, 0.6) is 0 Å². The number of carbonyl (C=O) groups excluding carboxylic acids is 1. The molecule has 2 rings (SSSR count). The molecule has 1 aliphatic rings. The minimum Gasteiger partial charge on any atom is -0.339 e. The van der Waals surface area contributed by atoms with Gasteiger partial charge in [0.05, 0.1) is 5.75 Å². The lowest BCUT2D eigenvalue weighted by molar-refractivity contribution is -0.141. The molecule has 0 spiro atoms. The molecule has 21 heavy (non-hydrogen) atoms. The Balaban J connectivity index is 1.89. The zero-order chi connectivity index (χ0) is 15.5. The van der Waals surface area contributed by atoms with E-state index in [-0.39, 0.29) is 16.8 Å². The highest BCUT2D eigenvalue weighted by atomic mass is 32.2. The van der Waals surface area contributed by atoms with E-state index in [1.54, 1.807) is 4.90 Å². The Morgan fingerprint density at radius 2 is 2.00 bits per heavy atom. The largest absolute Gasteiger partial charge is 0.433 e. The van der Waals surface area contributed by atoms with E-state index in [0.717, 1.165) is 37.1 Å². The molecule has 0 aliphatic carbocycles. The molecule has 5 nitrogen and oxygen atoms in total. The molecule has 1 saturated heterocycles. The molecular formula is C12H15F3N4OS. The van der Waals surface area contributed by atoms with Crippen LogP contribution in [-0.2, 0) is 11.0 Å². The number of hydrogen-bond donors (Lipinski definition) is 0. The minimum atomic E-state index is -4.50. The van der Waals surface area contributed by atoms with Gasteiger partial charge in [0, 0.05) is 32.4 Å². The molecular weight excluding hydrogens is 305 g/mol. The second kappa shape index (κ2) is 6.61. The van der Waals surface area contributed by atoms with Crippen molar-refractivity contribution in [2.45, 2.75) is 11.3 Å². The summed E-state index contributed by atoms with van der Waals surface area (Å²) in [5, 5.41) is -0.0349. The number of halogens is 3. The number of aromatic nitrogens is 2. The molecule has 1 fully saturated rings. The van der Waals surface area contributed by atoms with E-state index >= 15 is 0 Å². The fourth-order valence-electron chi connectivity index (χ4n) is 1.84. The Labute approximate surface area is 124 Å². The van der Waals surface area contributed by atoms with Gasteiger partial charge in [0.2, 0.25) is 5.91 Å². The molecule has 1 aromatic heterocycles. The second-order valence-corrected chi connectivity index (χ2v) is 5.64. The van der Waals surface area contributed by atoms with Crippen LogP contribution in [0.4, 0.5) is 13.2 Å². The van der Waals surface area contributed by atoms with Crippen LogP contribution in [0.25, 0.3) is 0 Å². The third kappa shape index (κ3) is 4.57. The summed E-state index contributed by atoms with van der Waals surface area (Å²) in [6, 6.07) is 0.812. The molecule has 2 heterocycles. The van der Waals surface area contributed by atoms with Gasteiger partial charge in [0.25, 0.3) is 0 Å². The van der Waals surface area contributed by atoms with Crippen molar-refractivity contribution < 1.29 is 18.0 Å². The number of thioether (sulfide) groups is 1. The highest BCUT2D eigenvalue weighted by molar-refractivity contribution is 7.99. The molecule has 0 atom stereocenters. The van der Waals surface area contributed by atoms with E-state index in [9.17, 15) is 18.0 Å². The lowest BCUT2D eigenvalue weighted by Crippen LogP contribution is -2.47. The van der Waals surface area contributed by atoms with Crippen molar-refractivity contribution in [2.75, 3.05) is 39.0 Å². The maximum Gasteiger partial charge on any atom is 0.433 e. The predicted octanol–water partition coefficient (Wildman–Crippen LogP) is 1.36. The van der Waals surface area contributed by atoms with Gasteiger partial charge in [0.1, 0.15) is 5.69 Å². The van der Waals surface area contributed by atoms with E-state index in [2.05, 4.69) is 14.9 Å². The molecule has 1 aliphatic heterocycles. The zero-order valence-electron chi connectivity index (χ0n) is 11.4. The summed E-state index contributed by atoms with van der Waals surface area (Å²) in [7, 11) is 1.98. The summed E-state index contributed by atoms with van der Waals surface area (Å²) >= 11 is 0.926. The number of piperazine rings is 1. The third-order valence-corrected chi connectivity index (χ3v) is 3.95. The normalized spacial score (nSPS) is 17.0. The van der Waals surface area contributed by atoms with Gasteiger partial charge in [-0.15, -0.1) is 0 Å². The van der Waals surface area contributed by atoms with Gasteiger partial charge in [-0.3, -0.25) is 4.79 Å². The molecule has 1 aromatic rings. The smallest absolute Gasteiger partial charge is 0.339 e. The number of nitrogens with zero attached hydrogens (tertiary/aromatic N) is 4. The Bertz CT molecular complexity index is 504. The van der Waals surface area contributed by atoms with Crippen molar-refractivity contribution in [1.29, 1.82) is 0 Å². The monoisotopic (exact) mass is 320 g/mol. The van der Waals surface area contributed by atoms with Crippen LogP contribution in [0.2, 0.25) is 0 Å². The van der Waals surface area contributed by atoms with Gasteiger partial charge in [-0.25, -0.2) is 9.97 Å². The van der Waals surface area contributed by atoms with Crippen molar-refractivity contribution in [2.24, 2.45) is 0 Å². The van der Waals surface area contributed by atoms with E-state index in [1.807, 2.05) is 7.05 Å². The Kier molecular flexibility index (Phi) is 5.04. The number of carbonyl (C=O) groups is 1. The molecule has 1 amide bonds. The molecule has 0 N–H and O–H groups in total. The summed E-state index contributed by atoms with van der Waals surface area (Å²) in [6.07, 6.45) is -3.45. The summed E-state index contributed by atoms with van der Waals surface area (Å²) in [5.74, 6) is -0.0560. The summed E-state index contributed by atoms with van der Waals surface area (Å²) in [5.41, 5.74) is -0.993. The Hall–Kier alpha value is -1.35. The highest BCUT2D eigenvalue weighted by Crippen LogP contribution is 2.28. The molecule has 0 aromatic carbocycles. The number of rotatable bonds is 3. The molecule has 116 valence electrons. The molecule has 0 saturated carbocycles. The topological polar surface area (TPSA) is 49.3 Å². The van der Waals surface area contributed by atoms with Gasteiger partial charge in [-0.2, -0.15) is 13.2 Å². The van der Waals surface area contributed by atoms with E-state index in [1.165, 1.54) is 0 Å². The predicted molar refractivity (Wildman–Crippen MR) is 71.8 cm³/mol. The fourth-order valence-corrected chi connectivity index (χ4v) is 2.58. The minimum absolute atomic E-state index is 0.0349. The molecule has 0 bridgehead atoms.